The predicted octanol–water partition coefficient (Wildman–Crippen LogP) is 2.75. The van der Waals surface area contributed by atoms with Crippen molar-refractivity contribution in [3.63, 3.8) is 0 Å². The van der Waals surface area contributed by atoms with E-state index < -0.39 is 0 Å². The van der Waals surface area contributed by atoms with Crippen molar-refractivity contribution in [3.8, 4) is 0 Å². The third-order valence-electron chi connectivity index (χ3n) is 3.84. The number of rotatable bonds is 7. The SMILES string of the molecule is CC(N)CCCC(C)C(=O)N(C)C(C)c1ccncc1. The third-order valence-corrected chi connectivity index (χ3v) is 3.84. The van der Waals surface area contributed by atoms with Gasteiger partial charge in [0, 0.05) is 31.4 Å². The molecule has 0 saturated carbocycles. The highest BCUT2D eigenvalue weighted by Gasteiger charge is 2.22. The zero-order valence-electron chi connectivity index (χ0n) is 13.0. The molecule has 0 aliphatic heterocycles. The maximum atomic E-state index is 12.4. The van der Waals surface area contributed by atoms with Crippen molar-refractivity contribution in [2.75, 3.05) is 7.05 Å². The maximum Gasteiger partial charge on any atom is 0.225 e. The minimum Gasteiger partial charge on any atom is -0.339 e. The van der Waals surface area contributed by atoms with Crippen molar-refractivity contribution in [2.24, 2.45) is 11.7 Å². The van der Waals surface area contributed by atoms with Gasteiger partial charge in [-0.3, -0.25) is 9.78 Å². The molecule has 0 aromatic carbocycles. The van der Waals surface area contributed by atoms with Crippen LogP contribution in [0.25, 0.3) is 0 Å². The first-order valence-electron chi connectivity index (χ1n) is 7.35. The number of hydrogen-bond acceptors (Lipinski definition) is 3. The number of amides is 1. The van der Waals surface area contributed by atoms with Gasteiger partial charge in [-0.25, -0.2) is 0 Å². The molecular weight excluding hydrogens is 250 g/mol. The number of aromatic nitrogens is 1. The Morgan fingerprint density at radius 2 is 1.85 bits per heavy atom. The van der Waals surface area contributed by atoms with E-state index in [-0.39, 0.29) is 23.9 Å². The van der Waals surface area contributed by atoms with E-state index in [4.69, 9.17) is 5.73 Å². The van der Waals surface area contributed by atoms with Gasteiger partial charge >= 0.3 is 0 Å². The Balaban J connectivity index is 2.53. The van der Waals surface area contributed by atoms with Gasteiger partial charge in [0.25, 0.3) is 0 Å². The van der Waals surface area contributed by atoms with Gasteiger partial charge in [0.15, 0.2) is 0 Å². The Labute approximate surface area is 122 Å². The molecule has 4 heteroatoms. The minimum absolute atomic E-state index is 0.0445. The molecule has 112 valence electrons. The lowest BCUT2D eigenvalue weighted by Gasteiger charge is -2.28. The first-order valence-corrected chi connectivity index (χ1v) is 7.35. The highest BCUT2D eigenvalue weighted by atomic mass is 16.2. The Bertz CT molecular complexity index is 405. The van der Waals surface area contributed by atoms with Crippen molar-refractivity contribution in [1.82, 2.24) is 9.88 Å². The first-order chi connectivity index (χ1) is 9.43. The lowest BCUT2D eigenvalue weighted by atomic mass is 9.99. The Morgan fingerprint density at radius 3 is 2.40 bits per heavy atom. The van der Waals surface area contributed by atoms with Gasteiger partial charge in [-0.2, -0.15) is 0 Å². The van der Waals surface area contributed by atoms with Crippen LogP contribution in [0.5, 0.6) is 0 Å². The molecule has 0 aliphatic carbocycles. The molecule has 20 heavy (non-hydrogen) atoms. The van der Waals surface area contributed by atoms with E-state index >= 15 is 0 Å². The van der Waals surface area contributed by atoms with Crippen molar-refractivity contribution >= 4 is 5.91 Å². The summed E-state index contributed by atoms with van der Waals surface area (Å²) in [7, 11) is 1.87. The Morgan fingerprint density at radius 1 is 1.25 bits per heavy atom. The minimum atomic E-state index is 0.0445. The zero-order valence-corrected chi connectivity index (χ0v) is 13.0. The van der Waals surface area contributed by atoms with Crippen molar-refractivity contribution in [1.29, 1.82) is 0 Å². The van der Waals surface area contributed by atoms with Gasteiger partial charge < -0.3 is 10.6 Å². The second kappa shape index (κ2) is 8.00. The summed E-state index contributed by atoms with van der Waals surface area (Å²) in [5, 5.41) is 0. The van der Waals surface area contributed by atoms with Gasteiger partial charge in [0.2, 0.25) is 5.91 Å². The topological polar surface area (TPSA) is 59.2 Å². The number of nitrogens with two attached hydrogens (primary N) is 1. The highest BCUT2D eigenvalue weighted by Crippen LogP contribution is 2.21. The average Bonchev–Trinajstić information content (AvgIpc) is 2.45. The summed E-state index contributed by atoms with van der Waals surface area (Å²) in [6.45, 7) is 6.05. The molecule has 4 nitrogen and oxygen atoms in total. The van der Waals surface area contributed by atoms with Crippen LogP contribution in [-0.4, -0.2) is 28.9 Å². The van der Waals surface area contributed by atoms with Gasteiger partial charge in [0.05, 0.1) is 6.04 Å². The fourth-order valence-electron chi connectivity index (χ4n) is 2.27. The van der Waals surface area contributed by atoms with E-state index in [1.54, 1.807) is 12.4 Å². The van der Waals surface area contributed by atoms with E-state index in [1.807, 2.05) is 44.9 Å². The first kappa shape index (κ1) is 16.6. The molecule has 0 bridgehead atoms. The number of carbonyl (C=O) groups excluding carboxylic acids is 1. The molecule has 0 aliphatic rings. The number of nitrogens with zero attached hydrogens (tertiary/aromatic N) is 2. The third kappa shape index (κ3) is 4.93. The number of carbonyl (C=O) groups is 1. The standard InChI is InChI=1S/C16H27N3O/c1-12(6-5-7-13(2)17)16(20)19(4)14(3)15-8-10-18-11-9-15/h8-14H,5-7,17H2,1-4H3. The van der Waals surface area contributed by atoms with Gasteiger partial charge in [-0.1, -0.05) is 13.3 Å². The summed E-state index contributed by atoms with van der Waals surface area (Å²) in [6, 6.07) is 4.19. The highest BCUT2D eigenvalue weighted by molar-refractivity contribution is 5.78. The smallest absolute Gasteiger partial charge is 0.225 e. The largest absolute Gasteiger partial charge is 0.339 e. The van der Waals surface area contributed by atoms with E-state index in [0.29, 0.717) is 0 Å². The Hall–Kier alpha value is -1.42. The number of hydrogen-bond donors (Lipinski definition) is 1. The summed E-state index contributed by atoms with van der Waals surface area (Å²) in [4.78, 5) is 18.2. The number of pyridine rings is 1. The molecule has 3 atom stereocenters. The van der Waals surface area contributed by atoms with Crippen molar-refractivity contribution < 1.29 is 4.79 Å². The van der Waals surface area contributed by atoms with E-state index in [2.05, 4.69) is 4.98 Å². The van der Waals surface area contributed by atoms with Gasteiger partial charge in [-0.15, -0.1) is 0 Å². The molecule has 1 rings (SSSR count). The van der Waals surface area contributed by atoms with E-state index in [9.17, 15) is 4.79 Å². The predicted molar refractivity (Wildman–Crippen MR) is 82.1 cm³/mol. The molecule has 0 spiro atoms. The molecule has 1 amide bonds. The van der Waals surface area contributed by atoms with E-state index in [1.165, 1.54) is 0 Å². The van der Waals surface area contributed by atoms with Crippen LogP contribution in [0.2, 0.25) is 0 Å². The van der Waals surface area contributed by atoms with Crippen LogP contribution in [0.15, 0.2) is 24.5 Å². The second-order valence-corrected chi connectivity index (χ2v) is 5.71. The lowest BCUT2D eigenvalue weighted by Crippen LogP contribution is -2.34. The fourth-order valence-corrected chi connectivity index (χ4v) is 2.27. The molecular formula is C16H27N3O. The summed E-state index contributed by atoms with van der Waals surface area (Å²) in [5.41, 5.74) is 6.85. The second-order valence-electron chi connectivity index (χ2n) is 5.71. The quantitative estimate of drug-likeness (QED) is 0.833. The molecule has 0 saturated heterocycles. The molecule has 0 fully saturated rings. The summed E-state index contributed by atoms with van der Waals surface area (Å²) in [5.74, 6) is 0.238. The molecule has 1 aromatic heterocycles. The monoisotopic (exact) mass is 277 g/mol. The maximum absolute atomic E-state index is 12.4. The van der Waals surface area contributed by atoms with Gasteiger partial charge in [-0.05, 0) is 44.4 Å². The molecule has 1 heterocycles. The summed E-state index contributed by atoms with van der Waals surface area (Å²) >= 11 is 0. The molecule has 2 N–H and O–H groups in total. The van der Waals surface area contributed by atoms with Crippen LogP contribution in [0, 0.1) is 5.92 Å². The zero-order chi connectivity index (χ0) is 15.1. The average molecular weight is 277 g/mol. The van der Waals surface area contributed by atoms with E-state index in [0.717, 1.165) is 24.8 Å². The molecule has 1 aromatic rings. The van der Waals surface area contributed by atoms with Crippen LogP contribution in [0.1, 0.15) is 51.6 Å². The van der Waals surface area contributed by atoms with Crippen LogP contribution in [0.4, 0.5) is 0 Å². The molecule has 3 unspecified atom stereocenters. The molecule has 0 radical (unpaired) electrons. The normalized spacial score (nSPS) is 15.4. The van der Waals surface area contributed by atoms with Crippen LogP contribution in [0.3, 0.4) is 0 Å². The van der Waals surface area contributed by atoms with Crippen molar-refractivity contribution in [3.05, 3.63) is 30.1 Å². The van der Waals surface area contributed by atoms with Crippen LogP contribution >= 0.6 is 0 Å². The summed E-state index contributed by atoms with van der Waals surface area (Å²) < 4.78 is 0. The summed E-state index contributed by atoms with van der Waals surface area (Å²) in [6.07, 6.45) is 6.39. The Kier molecular flexibility index (Phi) is 6.65. The van der Waals surface area contributed by atoms with Crippen molar-refractivity contribution in [2.45, 2.75) is 52.1 Å². The van der Waals surface area contributed by atoms with Crippen LogP contribution in [-0.2, 0) is 4.79 Å². The fraction of sp³-hybridized carbons (Fsp3) is 0.625. The van der Waals surface area contributed by atoms with Gasteiger partial charge in [0.1, 0.15) is 0 Å². The van der Waals surface area contributed by atoms with Crippen LogP contribution < -0.4 is 5.73 Å². The lowest BCUT2D eigenvalue weighted by molar-refractivity contribution is -0.135.